The predicted octanol–water partition coefficient (Wildman–Crippen LogP) is 2.77. The molecule has 1 aliphatic heterocycles. The summed E-state index contributed by atoms with van der Waals surface area (Å²) in [7, 11) is 2.28. The van der Waals surface area contributed by atoms with Crippen LogP contribution in [0, 0.1) is 5.92 Å². The molecule has 84 valence electrons. The topological polar surface area (TPSA) is 3.24 Å². The van der Waals surface area contributed by atoms with Crippen LogP contribution in [0.4, 0.5) is 0 Å². The third-order valence-corrected chi connectivity index (χ3v) is 4.69. The highest BCUT2D eigenvalue weighted by Gasteiger charge is 2.21. The predicted molar refractivity (Wildman–Crippen MR) is 70.6 cm³/mol. The van der Waals surface area contributed by atoms with Gasteiger partial charge in [-0.1, -0.05) is 13.3 Å². The molecule has 14 heavy (non-hydrogen) atoms. The zero-order valence-corrected chi connectivity index (χ0v) is 11.1. The molecule has 0 saturated carbocycles. The molecule has 0 N–H and O–H groups in total. The molecule has 2 unspecified atom stereocenters. The van der Waals surface area contributed by atoms with Gasteiger partial charge in [-0.15, -0.1) is 0 Å². The van der Waals surface area contributed by atoms with Gasteiger partial charge in [-0.05, 0) is 37.3 Å². The molecule has 0 aromatic carbocycles. The van der Waals surface area contributed by atoms with E-state index < -0.39 is 0 Å². The van der Waals surface area contributed by atoms with E-state index in [-0.39, 0.29) is 0 Å². The van der Waals surface area contributed by atoms with Gasteiger partial charge in [-0.25, -0.2) is 0 Å². The standard InChI is InChI=1S/C11H23NS2/c1-3-4-10(8-13)7-12(2)11-5-6-14-9-11/h10-11,13H,3-9H2,1-2H3. The first kappa shape index (κ1) is 12.7. The van der Waals surface area contributed by atoms with Gasteiger partial charge in [0, 0.05) is 18.3 Å². The van der Waals surface area contributed by atoms with Crippen molar-refractivity contribution < 1.29 is 0 Å². The van der Waals surface area contributed by atoms with Crippen LogP contribution in [-0.4, -0.2) is 41.8 Å². The Bertz CT molecular complexity index is 146. The normalized spacial score (nSPS) is 24.4. The van der Waals surface area contributed by atoms with E-state index in [0.717, 1.165) is 17.7 Å². The van der Waals surface area contributed by atoms with Gasteiger partial charge in [0.05, 0.1) is 0 Å². The Morgan fingerprint density at radius 1 is 1.57 bits per heavy atom. The Morgan fingerprint density at radius 2 is 2.36 bits per heavy atom. The lowest BCUT2D eigenvalue weighted by molar-refractivity contribution is 0.225. The average molecular weight is 233 g/mol. The van der Waals surface area contributed by atoms with Crippen LogP contribution in [-0.2, 0) is 0 Å². The summed E-state index contributed by atoms with van der Waals surface area (Å²) in [6, 6.07) is 0.833. The van der Waals surface area contributed by atoms with Crippen molar-refractivity contribution in [3.63, 3.8) is 0 Å². The highest BCUT2D eigenvalue weighted by molar-refractivity contribution is 7.99. The van der Waals surface area contributed by atoms with Crippen LogP contribution in [0.25, 0.3) is 0 Å². The SMILES string of the molecule is CCCC(CS)CN(C)C1CCSC1. The Morgan fingerprint density at radius 3 is 2.86 bits per heavy atom. The molecule has 1 fully saturated rings. The molecule has 0 amide bonds. The molecule has 1 saturated heterocycles. The van der Waals surface area contributed by atoms with Crippen molar-refractivity contribution in [1.29, 1.82) is 0 Å². The zero-order valence-electron chi connectivity index (χ0n) is 9.41. The lowest BCUT2D eigenvalue weighted by Crippen LogP contribution is -2.36. The van der Waals surface area contributed by atoms with Crippen molar-refractivity contribution in [3.05, 3.63) is 0 Å². The highest BCUT2D eigenvalue weighted by Crippen LogP contribution is 2.22. The van der Waals surface area contributed by atoms with Crippen molar-refractivity contribution in [2.45, 2.75) is 32.2 Å². The first-order valence-corrected chi connectivity index (χ1v) is 7.45. The number of thiol groups is 1. The summed E-state index contributed by atoms with van der Waals surface area (Å²) in [5.74, 6) is 4.52. The Balaban J connectivity index is 2.25. The molecular weight excluding hydrogens is 210 g/mol. The second kappa shape index (κ2) is 7.02. The molecule has 0 aromatic heterocycles. The van der Waals surface area contributed by atoms with Gasteiger partial charge >= 0.3 is 0 Å². The molecule has 0 radical (unpaired) electrons. The molecule has 0 spiro atoms. The molecule has 1 nitrogen and oxygen atoms in total. The van der Waals surface area contributed by atoms with Crippen LogP contribution in [0.1, 0.15) is 26.2 Å². The number of thioether (sulfide) groups is 1. The van der Waals surface area contributed by atoms with Crippen molar-refractivity contribution in [1.82, 2.24) is 4.90 Å². The maximum Gasteiger partial charge on any atom is 0.0191 e. The number of rotatable bonds is 6. The lowest BCUT2D eigenvalue weighted by Gasteiger charge is -2.27. The second-order valence-electron chi connectivity index (χ2n) is 4.29. The lowest BCUT2D eigenvalue weighted by atomic mass is 10.0. The van der Waals surface area contributed by atoms with Gasteiger partial charge in [-0.2, -0.15) is 24.4 Å². The van der Waals surface area contributed by atoms with Gasteiger partial charge < -0.3 is 4.90 Å². The molecule has 2 atom stereocenters. The van der Waals surface area contributed by atoms with Crippen molar-refractivity contribution in [2.24, 2.45) is 5.92 Å². The first-order valence-electron chi connectivity index (χ1n) is 5.66. The van der Waals surface area contributed by atoms with E-state index in [1.165, 1.54) is 37.3 Å². The van der Waals surface area contributed by atoms with E-state index >= 15 is 0 Å². The molecule has 1 aliphatic rings. The quantitative estimate of drug-likeness (QED) is 0.703. The first-order chi connectivity index (χ1) is 6.77. The van der Waals surface area contributed by atoms with Crippen LogP contribution >= 0.6 is 24.4 Å². The van der Waals surface area contributed by atoms with Crippen LogP contribution in [0.5, 0.6) is 0 Å². The minimum Gasteiger partial charge on any atom is -0.302 e. The minimum atomic E-state index is 0.791. The number of hydrogen-bond donors (Lipinski definition) is 1. The molecule has 1 heterocycles. The summed E-state index contributed by atoms with van der Waals surface area (Å²) in [4.78, 5) is 2.55. The third kappa shape index (κ3) is 4.03. The molecule has 0 bridgehead atoms. The molecule has 3 heteroatoms. The maximum atomic E-state index is 4.43. The second-order valence-corrected chi connectivity index (χ2v) is 5.81. The van der Waals surface area contributed by atoms with Gasteiger partial charge in [0.25, 0.3) is 0 Å². The monoisotopic (exact) mass is 233 g/mol. The Labute approximate surface area is 98.4 Å². The summed E-state index contributed by atoms with van der Waals surface area (Å²) in [6.07, 6.45) is 4.00. The van der Waals surface area contributed by atoms with Gasteiger partial charge in [0.2, 0.25) is 0 Å². The van der Waals surface area contributed by atoms with Crippen LogP contribution in [0.2, 0.25) is 0 Å². The van der Waals surface area contributed by atoms with E-state index in [4.69, 9.17) is 0 Å². The zero-order chi connectivity index (χ0) is 10.4. The summed E-state index contributed by atoms with van der Waals surface area (Å²) in [6.45, 7) is 3.50. The van der Waals surface area contributed by atoms with Crippen molar-refractivity contribution in [3.8, 4) is 0 Å². The van der Waals surface area contributed by atoms with Crippen molar-refractivity contribution >= 4 is 24.4 Å². The van der Waals surface area contributed by atoms with E-state index in [9.17, 15) is 0 Å². The summed E-state index contributed by atoms with van der Waals surface area (Å²) in [5, 5.41) is 0. The van der Waals surface area contributed by atoms with Crippen molar-refractivity contribution in [2.75, 3.05) is 30.9 Å². The van der Waals surface area contributed by atoms with Crippen LogP contribution < -0.4 is 0 Å². The fourth-order valence-corrected chi connectivity index (χ4v) is 3.67. The largest absolute Gasteiger partial charge is 0.302 e. The highest BCUT2D eigenvalue weighted by atomic mass is 32.2. The summed E-state index contributed by atoms with van der Waals surface area (Å²) >= 11 is 6.53. The summed E-state index contributed by atoms with van der Waals surface area (Å²) < 4.78 is 0. The van der Waals surface area contributed by atoms with E-state index in [2.05, 4.69) is 43.3 Å². The van der Waals surface area contributed by atoms with Gasteiger partial charge in [0.15, 0.2) is 0 Å². The smallest absolute Gasteiger partial charge is 0.0191 e. The molecule has 0 aliphatic carbocycles. The van der Waals surface area contributed by atoms with Gasteiger partial charge in [0.1, 0.15) is 0 Å². The van der Waals surface area contributed by atoms with E-state index in [1.54, 1.807) is 0 Å². The van der Waals surface area contributed by atoms with E-state index in [1.807, 2.05) is 0 Å². The number of hydrogen-bond acceptors (Lipinski definition) is 3. The fraction of sp³-hybridized carbons (Fsp3) is 1.00. The van der Waals surface area contributed by atoms with Gasteiger partial charge in [-0.3, -0.25) is 0 Å². The molecule has 0 aromatic rings. The Hall–Kier alpha value is 0.660. The molecular formula is C11H23NS2. The maximum absolute atomic E-state index is 4.43. The fourth-order valence-electron chi connectivity index (χ4n) is 2.07. The molecule has 1 rings (SSSR count). The van der Waals surface area contributed by atoms with Crippen LogP contribution in [0.3, 0.4) is 0 Å². The summed E-state index contributed by atoms with van der Waals surface area (Å²) in [5.41, 5.74) is 0. The Kier molecular flexibility index (Phi) is 6.38. The van der Waals surface area contributed by atoms with E-state index in [0.29, 0.717) is 0 Å². The third-order valence-electron chi connectivity index (χ3n) is 3.03. The minimum absolute atomic E-state index is 0.791. The number of nitrogens with zero attached hydrogens (tertiary/aromatic N) is 1. The average Bonchev–Trinajstić information content (AvgIpc) is 2.69. The van der Waals surface area contributed by atoms with Crippen LogP contribution in [0.15, 0.2) is 0 Å².